The number of thiophene rings is 1. The number of benzene rings is 1. The summed E-state index contributed by atoms with van der Waals surface area (Å²) in [6.07, 6.45) is 0.638. The van der Waals surface area contributed by atoms with E-state index in [1.54, 1.807) is 11.4 Å². The molecule has 2 amide bonds. The molecule has 6 heteroatoms. The van der Waals surface area contributed by atoms with Gasteiger partial charge in [0, 0.05) is 6.54 Å². The topological polar surface area (TPSA) is 84.2 Å². The van der Waals surface area contributed by atoms with E-state index < -0.39 is 5.91 Å². The van der Waals surface area contributed by atoms with Gasteiger partial charge in [-0.1, -0.05) is 24.3 Å². The molecular formula is C15H15N3O2S. The van der Waals surface area contributed by atoms with Crippen molar-refractivity contribution in [2.75, 3.05) is 5.32 Å². The molecule has 3 rings (SSSR count). The van der Waals surface area contributed by atoms with E-state index in [1.807, 2.05) is 18.2 Å². The Hall–Kier alpha value is -2.18. The lowest BCUT2D eigenvalue weighted by Crippen LogP contribution is -2.44. The maximum absolute atomic E-state index is 12.3. The van der Waals surface area contributed by atoms with Crippen molar-refractivity contribution >= 4 is 28.2 Å². The number of hydrogen-bond donors (Lipinski definition) is 3. The monoisotopic (exact) mass is 301 g/mol. The zero-order valence-corrected chi connectivity index (χ0v) is 12.1. The third-order valence-electron chi connectivity index (χ3n) is 3.57. The summed E-state index contributed by atoms with van der Waals surface area (Å²) in [5.74, 6) is -0.678. The average Bonchev–Trinajstić information content (AvgIpc) is 2.95. The van der Waals surface area contributed by atoms with Crippen molar-refractivity contribution in [3.05, 3.63) is 52.4 Å². The molecule has 2 heterocycles. The van der Waals surface area contributed by atoms with Crippen LogP contribution in [0.2, 0.25) is 0 Å². The second-order valence-corrected chi connectivity index (χ2v) is 5.84. The molecule has 0 saturated carbocycles. The molecule has 5 nitrogen and oxygen atoms in total. The van der Waals surface area contributed by atoms with Gasteiger partial charge in [-0.3, -0.25) is 9.59 Å². The smallest absolute Gasteiger partial charge is 0.251 e. The molecule has 0 saturated heterocycles. The summed E-state index contributed by atoms with van der Waals surface area (Å²) >= 11 is 1.30. The van der Waals surface area contributed by atoms with Crippen molar-refractivity contribution in [1.29, 1.82) is 0 Å². The molecule has 4 N–H and O–H groups in total. The van der Waals surface area contributed by atoms with Crippen molar-refractivity contribution in [2.24, 2.45) is 5.73 Å². The molecule has 0 spiro atoms. The molecule has 1 aliphatic heterocycles. The van der Waals surface area contributed by atoms with Crippen molar-refractivity contribution in [3.8, 4) is 0 Å². The number of nitrogens with one attached hydrogen (secondary N) is 2. The van der Waals surface area contributed by atoms with Gasteiger partial charge in [0.05, 0.1) is 11.6 Å². The minimum absolute atomic E-state index is 0.144. The van der Waals surface area contributed by atoms with Crippen LogP contribution in [0.15, 0.2) is 35.7 Å². The number of rotatable bonds is 3. The first-order valence-corrected chi connectivity index (χ1v) is 7.51. The number of hydrogen-bond acceptors (Lipinski definition) is 4. The largest absolute Gasteiger partial charge is 0.366 e. The minimum Gasteiger partial charge on any atom is -0.366 e. The van der Waals surface area contributed by atoms with Gasteiger partial charge in [0.2, 0.25) is 5.91 Å². The zero-order valence-electron chi connectivity index (χ0n) is 11.3. The van der Waals surface area contributed by atoms with Crippen LogP contribution in [0.4, 0.5) is 5.00 Å². The van der Waals surface area contributed by atoms with Crippen LogP contribution in [-0.2, 0) is 17.8 Å². The van der Waals surface area contributed by atoms with E-state index in [9.17, 15) is 9.59 Å². The SMILES string of the molecule is NC(=O)c1ccsc1NC(=O)[C@H]1Cc2ccccc2CN1. The molecule has 2 aromatic rings. The molecule has 1 aliphatic rings. The van der Waals surface area contributed by atoms with Crippen molar-refractivity contribution in [2.45, 2.75) is 19.0 Å². The predicted octanol–water partition coefficient (Wildman–Crippen LogP) is 1.50. The number of amides is 2. The fourth-order valence-corrected chi connectivity index (χ4v) is 3.23. The fourth-order valence-electron chi connectivity index (χ4n) is 2.44. The fraction of sp³-hybridized carbons (Fsp3) is 0.200. The first kappa shape index (κ1) is 13.8. The Kier molecular flexibility index (Phi) is 3.72. The number of carbonyl (C=O) groups is 2. The number of fused-ring (bicyclic) bond motifs is 1. The molecule has 1 aromatic heterocycles. The molecule has 0 bridgehead atoms. The van der Waals surface area contributed by atoms with Crippen LogP contribution in [0.25, 0.3) is 0 Å². The van der Waals surface area contributed by atoms with Gasteiger partial charge in [-0.05, 0) is 29.0 Å². The molecule has 0 unspecified atom stereocenters. The average molecular weight is 301 g/mol. The number of anilines is 1. The molecule has 21 heavy (non-hydrogen) atoms. The van der Waals surface area contributed by atoms with E-state index >= 15 is 0 Å². The van der Waals surface area contributed by atoms with Gasteiger partial charge in [-0.25, -0.2) is 0 Å². The van der Waals surface area contributed by atoms with Gasteiger partial charge in [0.1, 0.15) is 5.00 Å². The summed E-state index contributed by atoms with van der Waals surface area (Å²) in [4.78, 5) is 23.6. The second kappa shape index (κ2) is 5.67. The van der Waals surface area contributed by atoms with Crippen LogP contribution in [0.1, 0.15) is 21.5 Å². The predicted molar refractivity (Wildman–Crippen MR) is 82.2 cm³/mol. The normalized spacial score (nSPS) is 17.0. The molecule has 1 aromatic carbocycles. The standard InChI is InChI=1S/C15H15N3O2S/c16-13(19)11-5-6-21-15(11)18-14(20)12-7-9-3-1-2-4-10(9)8-17-12/h1-6,12,17H,7-8H2,(H2,16,19)(H,18,20)/t12-/m1/s1. The van der Waals surface area contributed by atoms with Crippen LogP contribution >= 0.6 is 11.3 Å². The van der Waals surface area contributed by atoms with Crippen LogP contribution in [-0.4, -0.2) is 17.9 Å². The van der Waals surface area contributed by atoms with E-state index in [4.69, 9.17) is 5.73 Å². The van der Waals surface area contributed by atoms with Gasteiger partial charge < -0.3 is 16.4 Å². The third-order valence-corrected chi connectivity index (χ3v) is 4.40. The van der Waals surface area contributed by atoms with Crippen LogP contribution < -0.4 is 16.4 Å². The van der Waals surface area contributed by atoms with Crippen molar-refractivity contribution in [1.82, 2.24) is 5.32 Å². The van der Waals surface area contributed by atoms with E-state index in [-0.39, 0.29) is 11.9 Å². The maximum Gasteiger partial charge on any atom is 0.251 e. The van der Waals surface area contributed by atoms with Crippen LogP contribution in [0.5, 0.6) is 0 Å². The molecular weight excluding hydrogens is 286 g/mol. The summed E-state index contributed by atoms with van der Waals surface area (Å²) in [6.45, 7) is 0.668. The van der Waals surface area contributed by atoms with E-state index in [0.717, 1.165) is 0 Å². The van der Waals surface area contributed by atoms with E-state index in [0.29, 0.717) is 23.5 Å². The summed E-state index contributed by atoms with van der Waals surface area (Å²) in [5, 5.41) is 8.24. The Labute approximate surface area is 126 Å². The number of nitrogens with two attached hydrogens (primary N) is 1. The number of carbonyl (C=O) groups excluding carboxylic acids is 2. The van der Waals surface area contributed by atoms with Crippen molar-refractivity contribution in [3.63, 3.8) is 0 Å². The lowest BCUT2D eigenvalue weighted by atomic mass is 9.95. The number of primary amides is 1. The molecule has 1 atom stereocenters. The summed E-state index contributed by atoms with van der Waals surface area (Å²) in [5.41, 5.74) is 8.03. The Balaban J connectivity index is 1.72. The summed E-state index contributed by atoms with van der Waals surface area (Å²) < 4.78 is 0. The maximum atomic E-state index is 12.3. The Morgan fingerprint density at radius 2 is 2.00 bits per heavy atom. The van der Waals surface area contributed by atoms with Gasteiger partial charge >= 0.3 is 0 Å². The summed E-state index contributed by atoms with van der Waals surface area (Å²) in [6, 6.07) is 9.38. The molecule has 0 aliphatic carbocycles. The zero-order chi connectivity index (χ0) is 14.8. The minimum atomic E-state index is -0.534. The lowest BCUT2D eigenvalue weighted by molar-refractivity contribution is -0.118. The van der Waals surface area contributed by atoms with Gasteiger partial charge in [0.15, 0.2) is 0 Å². The van der Waals surface area contributed by atoms with Gasteiger partial charge in [-0.2, -0.15) is 0 Å². The van der Waals surface area contributed by atoms with E-state index in [2.05, 4.69) is 16.7 Å². The Morgan fingerprint density at radius 1 is 1.24 bits per heavy atom. The van der Waals surface area contributed by atoms with Gasteiger partial charge in [0.25, 0.3) is 5.91 Å². The molecule has 0 fully saturated rings. The summed E-state index contributed by atoms with van der Waals surface area (Å²) in [7, 11) is 0. The highest BCUT2D eigenvalue weighted by Gasteiger charge is 2.25. The quantitative estimate of drug-likeness (QED) is 0.803. The van der Waals surface area contributed by atoms with E-state index in [1.165, 1.54) is 22.5 Å². The Bertz CT molecular complexity index is 696. The first-order chi connectivity index (χ1) is 10.1. The second-order valence-electron chi connectivity index (χ2n) is 4.92. The lowest BCUT2D eigenvalue weighted by Gasteiger charge is -2.25. The van der Waals surface area contributed by atoms with Gasteiger partial charge in [-0.15, -0.1) is 11.3 Å². The highest BCUT2D eigenvalue weighted by molar-refractivity contribution is 7.14. The third kappa shape index (κ3) is 2.81. The van der Waals surface area contributed by atoms with Crippen molar-refractivity contribution < 1.29 is 9.59 Å². The molecule has 0 radical (unpaired) electrons. The Morgan fingerprint density at radius 3 is 2.76 bits per heavy atom. The first-order valence-electron chi connectivity index (χ1n) is 6.63. The van der Waals surface area contributed by atoms with Crippen LogP contribution in [0, 0.1) is 0 Å². The molecule has 108 valence electrons. The highest BCUT2D eigenvalue weighted by Crippen LogP contribution is 2.24. The highest BCUT2D eigenvalue weighted by atomic mass is 32.1. The van der Waals surface area contributed by atoms with Crippen LogP contribution in [0.3, 0.4) is 0 Å².